The van der Waals surface area contributed by atoms with Crippen LogP contribution in [0.25, 0.3) is 0 Å². The van der Waals surface area contributed by atoms with E-state index < -0.39 is 25.2 Å². The zero-order valence-corrected chi connectivity index (χ0v) is 17.0. The van der Waals surface area contributed by atoms with Crippen molar-refractivity contribution >= 4 is 18.5 Å². The minimum atomic E-state index is -4.56. The monoisotopic (exact) mass is 446 g/mol. The van der Waals surface area contributed by atoms with E-state index in [9.17, 15) is 18.3 Å². The van der Waals surface area contributed by atoms with E-state index in [4.69, 9.17) is 0 Å². The van der Waals surface area contributed by atoms with Gasteiger partial charge in [0.25, 0.3) is 0 Å². The molecule has 0 heterocycles. The number of hydrogen-bond acceptors (Lipinski definition) is 1. The SMILES string of the molecule is C/C(O)=C(/[PH+](c1ccccc1)c1ccccc1)C(F)(F)F.[Ni].[c-]1ccccc1. The van der Waals surface area contributed by atoms with E-state index in [2.05, 4.69) is 6.07 Å². The fraction of sp³-hybridized carbons (Fsp3) is 0.0909. The Balaban J connectivity index is 0.000000478. The van der Waals surface area contributed by atoms with Gasteiger partial charge in [0.15, 0.2) is 0 Å². The van der Waals surface area contributed by atoms with Crippen LogP contribution in [0.5, 0.6) is 0 Å². The molecule has 0 saturated heterocycles. The van der Waals surface area contributed by atoms with Crippen molar-refractivity contribution in [3.8, 4) is 0 Å². The number of rotatable bonds is 3. The van der Waals surface area contributed by atoms with Gasteiger partial charge in [0.05, 0.1) is 0 Å². The molecular formula is C22H20F3NiOP. The van der Waals surface area contributed by atoms with Gasteiger partial charge in [0, 0.05) is 16.5 Å². The van der Waals surface area contributed by atoms with Gasteiger partial charge in [-0.25, -0.2) is 0 Å². The van der Waals surface area contributed by atoms with Crippen molar-refractivity contribution in [3.63, 3.8) is 0 Å². The van der Waals surface area contributed by atoms with Crippen molar-refractivity contribution in [2.75, 3.05) is 0 Å². The molecule has 0 unspecified atom stereocenters. The molecule has 3 aromatic rings. The molecule has 0 aliphatic rings. The summed E-state index contributed by atoms with van der Waals surface area (Å²) in [5, 5.41) is 9.98. The summed E-state index contributed by atoms with van der Waals surface area (Å²) in [4.78, 5) is 0. The van der Waals surface area contributed by atoms with Crippen molar-refractivity contribution in [1.82, 2.24) is 0 Å². The van der Waals surface area contributed by atoms with Gasteiger partial charge in [-0.3, -0.25) is 0 Å². The maximum absolute atomic E-state index is 13.4. The van der Waals surface area contributed by atoms with Crippen LogP contribution in [0.2, 0.25) is 0 Å². The van der Waals surface area contributed by atoms with Gasteiger partial charge in [-0.1, -0.05) is 36.4 Å². The molecule has 1 N–H and O–H groups in total. The Morgan fingerprint density at radius 3 is 1.43 bits per heavy atom. The maximum Gasteiger partial charge on any atom is 0.453 e. The van der Waals surface area contributed by atoms with Gasteiger partial charge in [-0.2, -0.15) is 49.6 Å². The van der Waals surface area contributed by atoms with Gasteiger partial charge in [0.1, 0.15) is 24.3 Å². The number of allylic oxidation sites excluding steroid dienone is 2. The summed E-state index contributed by atoms with van der Waals surface area (Å²) in [7, 11) is -2.29. The first-order chi connectivity index (χ1) is 12.9. The van der Waals surface area contributed by atoms with Crippen LogP contribution in [0, 0.1) is 6.07 Å². The number of benzene rings is 3. The van der Waals surface area contributed by atoms with Crippen molar-refractivity contribution in [1.29, 1.82) is 0 Å². The van der Waals surface area contributed by atoms with Crippen LogP contribution in [-0.4, -0.2) is 11.3 Å². The molecular weight excluding hydrogens is 427 g/mol. The Bertz CT molecular complexity index is 768. The third-order valence-electron chi connectivity index (χ3n) is 3.63. The van der Waals surface area contributed by atoms with E-state index in [0.29, 0.717) is 10.6 Å². The van der Waals surface area contributed by atoms with Crippen LogP contribution in [0.3, 0.4) is 0 Å². The first-order valence-corrected chi connectivity index (χ1v) is 9.77. The van der Waals surface area contributed by atoms with Gasteiger partial charge in [-0.15, -0.1) is 0 Å². The molecule has 0 amide bonds. The second kappa shape index (κ2) is 11.7. The van der Waals surface area contributed by atoms with Gasteiger partial charge in [-0.05, 0) is 31.2 Å². The summed E-state index contributed by atoms with van der Waals surface area (Å²) in [6.07, 6.45) is -4.56. The molecule has 150 valence electrons. The topological polar surface area (TPSA) is 20.2 Å². The second-order valence-corrected chi connectivity index (χ2v) is 8.05. The molecule has 0 spiro atoms. The number of aliphatic hydroxyl groups is 1. The molecule has 0 fully saturated rings. The zero-order chi connectivity index (χ0) is 19.7. The molecule has 6 heteroatoms. The van der Waals surface area contributed by atoms with Gasteiger partial charge < -0.3 is 5.11 Å². The van der Waals surface area contributed by atoms with E-state index in [1.54, 1.807) is 60.7 Å². The third-order valence-corrected chi connectivity index (χ3v) is 6.59. The number of halogens is 3. The van der Waals surface area contributed by atoms with Crippen LogP contribution in [0.4, 0.5) is 13.2 Å². The van der Waals surface area contributed by atoms with Crippen LogP contribution < -0.4 is 10.6 Å². The van der Waals surface area contributed by atoms with Gasteiger partial charge in [0.2, 0.25) is 5.31 Å². The quantitative estimate of drug-likeness (QED) is 0.237. The standard InChI is InChI=1S/C16H14F3OP.C6H5.Ni/c1-12(20)15(16(17,18)19)21(13-8-4-2-5-9-13)14-10-6-3-7-11-14;1-2-4-6-5-3-1;/h2-11,20H,1H3;1-5H;/q;-1;/p+1/b15-12-;;. The van der Waals surface area contributed by atoms with Crippen molar-refractivity contribution < 1.29 is 34.8 Å². The summed E-state index contributed by atoms with van der Waals surface area (Å²) < 4.78 is 40.2. The predicted molar refractivity (Wildman–Crippen MR) is 107 cm³/mol. The van der Waals surface area contributed by atoms with E-state index in [-0.39, 0.29) is 16.5 Å². The Morgan fingerprint density at radius 1 is 0.786 bits per heavy atom. The van der Waals surface area contributed by atoms with E-state index in [0.717, 1.165) is 6.92 Å². The zero-order valence-electron chi connectivity index (χ0n) is 15.1. The molecule has 0 radical (unpaired) electrons. The summed E-state index contributed by atoms with van der Waals surface area (Å²) in [6, 6.07) is 29.6. The Morgan fingerprint density at radius 2 is 1.18 bits per heavy atom. The van der Waals surface area contributed by atoms with Gasteiger partial charge >= 0.3 is 6.18 Å². The smallest absolute Gasteiger partial charge is 0.453 e. The molecule has 3 rings (SSSR count). The number of aliphatic hydroxyl groups excluding tert-OH is 1. The van der Waals surface area contributed by atoms with E-state index in [1.165, 1.54) is 0 Å². The Hall–Kier alpha value is -2.09. The maximum atomic E-state index is 13.4. The van der Waals surface area contributed by atoms with E-state index in [1.807, 2.05) is 30.3 Å². The summed E-state index contributed by atoms with van der Waals surface area (Å²) in [5.41, 5.74) is 0. The van der Waals surface area contributed by atoms with Crippen LogP contribution in [0.1, 0.15) is 6.92 Å². The average molecular weight is 447 g/mol. The number of alkyl halides is 3. The largest absolute Gasteiger partial charge is 0.508 e. The minimum Gasteiger partial charge on any atom is -0.508 e. The molecule has 1 nitrogen and oxygen atoms in total. The fourth-order valence-corrected chi connectivity index (χ4v) is 5.14. The minimum absolute atomic E-state index is 0. The first kappa shape index (κ1) is 24.0. The molecule has 0 aromatic heterocycles. The summed E-state index contributed by atoms with van der Waals surface area (Å²) in [6.45, 7) is 1.10. The molecule has 0 aliphatic carbocycles. The average Bonchev–Trinajstić information content (AvgIpc) is 2.68. The molecule has 0 bridgehead atoms. The fourth-order valence-electron chi connectivity index (χ4n) is 2.53. The van der Waals surface area contributed by atoms with E-state index >= 15 is 0 Å². The Kier molecular flexibility index (Phi) is 10.00. The first-order valence-electron chi connectivity index (χ1n) is 8.27. The third kappa shape index (κ3) is 7.15. The number of hydrogen-bond donors (Lipinski definition) is 1. The molecule has 3 aromatic carbocycles. The molecule has 28 heavy (non-hydrogen) atoms. The molecule has 0 atom stereocenters. The predicted octanol–water partition coefficient (Wildman–Crippen LogP) is 5.69. The Labute approximate surface area is 174 Å². The van der Waals surface area contributed by atoms with Crippen LogP contribution >= 0.6 is 7.92 Å². The van der Waals surface area contributed by atoms with Crippen molar-refractivity contribution in [3.05, 3.63) is 108 Å². The van der Waals surface area contributed by atoms with Crippen molar-refractivity contribution in [2.45, 2.75) is 13.1 Å². The van der Waals surface area contributed by atoms with Crippen LogP contribution in [-0.2, 0) is 16.5 Å². The second-order valence-electron chi connectivity index (χ2n) is 5.64. The summed E-state index contributed by atoms with van der Waals surface area (Å²) in [5.74, 6) is -0.663. The van der Waals surface area contributed by atoms with Crippen LogP contribution in [0.15, 0.2) is 102 Å². The normalized spacial score (nSPS) is 11.6. The van der Waals surface area contributed by atoms with Crippen molar-refractivity contribution in [2.24, 2.45) is 0 Å². The summed E-state index contributed by atoms with van der Waals surface area (Å²) >= 11 is 0. The molecule has 0 saturated carbocycles. The molecule has 0 aliphatic heterocycles.